The van der Waals surface area contributed by atoms with Crippen molar-refractivity contribution < 1.29 is 31.5 Å². The molecule has 0 radical (unpaired) electrons. The molecule has 1 aromatic carbocycles. The minimum atomic E-state index is -4.89. The van der Waals surface area contributed by atoms with Gasteiger partial charge in [-0.15, -0.1) is 0 Å². The van der Waals surface area contributed by atoms with E-state index in [1.807, 2.05) is 6.07 Å². The van der Waals surface area contributed by atoms with Crippen LogP contribution in [0.15, 0.2) is 35.5 Å². The number of anilines is 1. The topological polar surface area (TPSA) is 113 Å². The minimum Gasteiger partial charge on any atom is -0.452 e. The lowest BCUT2D eigenvalue weighted by Crippen LogP contribution is -2.48. The van der Waals surface area contributed by atoms with Crippen molar-refractivity contribution in [2.45, 2.75) is 31.2 Å². The van der Waals surface area contributed by atoms with E-state index in [2.05, 4.69) is 20.0 Å². The van der Waals surface area contributed by atoms with E-state index >= 15 is 0 Å². The fourth-order valence-corrected chi connectivity index (χ4v) is 3.31. The van der Waals surface area contributed by atoms with Gasteiger partial charge in [0, 0.05) is 23.9 Å². The molecule has 0 spiro atoms. The maximum absolute atomic E-state index is 14.6. The highest BCUT2D eigenvalue weighted by Gasteiger charge is 2.52. The third-order valence-corrected chi connectivity index (χ3v) is 4.84. The number of aromatic nitrogens is 1. The van der Waals surface area contributed by atoms with Crippen molar-refractivity contribution >= 4 is 17.6 Å². The van der Waals surface area contributed by atoms with Crippen molar-refractivity contribution in [3.8, 4) is 6.07 Å². The summed E-state index contributed by atoms with van der Waals surface area (Å²) in [5, 5.41) is 11.3. The highest BCUT2D eigenvalue weighted by molar-refractivity contribution is 6.03. The van der Waals surface area contributed by atoms with Gasteiger partial charge >= 0.3 is 6.18 Å². The predicted molar refractivity (Wildman–Crippen MR) is 103 cm³/mol. The van der Waals surface area contributed by atoms with Crippen molar-refractivity contribution in [3.63, 3.8) is 0 Å². The first-order chi connectivity index (χ1) is 15.0. The van der Waals surface area contributed by atoms with Crippen LogP contribution in [-0.4, -0.2) is 35.9 Å². The Bertz CT molecular complexity index is 1130. The van der Waals surface area contributed by atoms with E-state index in [9.17, 15) is 26.7 Å². The molecule has 2 atom stereocenters. The molecule has 3 N–H and O–H groups in total. The Morgan fingerprint density at radius 3 is 2.72 bits per heavy atom. The number of pyridine rings is 1. The summed E-state index contributed by atoms with van der Waals surface area (Å²) in [5.74, 6) is -1.75. The van der Waals surface area contributed by atoms with E-state index in [-0.39, 0.29) is 16.9 Å². The summed E-state index contributed by atoms with van der Waals surface area (Å²) >= 11 is 0. The molecule has 7 nitrogen and oxygen atoms in total. The van der Waals surface area contributed by atoms with Crippen LogP contribution in [0.1, 0.15) is 33.6 Å². The van der Waals surface area contributed by atoms with Crippen LogP contribution in [0.5, 0.6) is 0 Å². The molecule has 0 saturated carbocycles. The maximum atomic E-state index is 14.6. The lowest BCUT2D eigenvalue weighted by Gasteiger charge is -2.36. The van der Waals surface area contributed by atoms with Crippen molar-refractivity contribution in [1.82, 2.24) is 4.98 Å². The zero-order valence-corrected chi connectivity index (χ0v) is 16.5. The number of halogens is 5. The second-order valence-electron chi connectivity index (χ2n) is 7.12. The van der Waals surface area contributed by atoms with Crippen molar-refractivity contribution in [1.29, 1.82) is 5.26 Å². The van der Waals surface area contributed by atoms with Gasteiger partial charge in [0.25, 0.3) is 11.9 Å². The molecule has 0 fully saturated rings. The quantitative estimate of drug-likeness (QED) is 0.689. The Kier molecular flexibility index (Phi) is 6.03. The molecule has 32 heavy (non-hydrogen) atoms. The van der Waals surface area contributed by atoms with Gasteiger partial charge in [-0.1, -0.05) is 0 Å². The minimum absolute atomic E-state index is 0.0273. The molecule has 1 aliphatic heterocycles. The fourth-order valence-electron chi connectivity index (χ4n) is 3.31. The Morgan fingerprint density at radius 1 is 1.41 bits per heavy atom. The number of carbonyl (C=O) groups excluding carboxylic acids is 1. The Labute approximate surface area is 178 Å². The summed E-state index contributed by atoms with van der Waals surface area (Å²) in [7, 11) is 0. The van der Waals surface area contributed by atoms with Crippen LogP contribution in [0.25, 0.3) is 0 Å². The zero-order valence-electron chi connectivity index (χ0n) is 16.5. The molecule has 168 valence electrons. The molecule has 1 aromatic heterocycles. The summed E-state index contributed by atoms with van der Waals surface area (Å²) in [6.07, 6.45) is -7.23. The average molecular weight is 453 g/mol. The van der Waals surface area contributed by atoms with Crippen molar-refractivity contribution in [3.05, 3.63) is 58.7 Å². The molecular formula is C20H16F5N5O2. The van der Waals surface area contributed by atoms with Gasteiger partial charge in [-0.2, -0.15) is 18.4 Å². The third-order valence-electron chi connectivity index (χ3n) is 4.84. The Balaban J connectivity index is 1.97. The number of carbonyl (C=O) groups is 1. The van der Waals surface area contributed by atoms with Crippen LogP contribution >= 0.6 is 0 Å². The number of ether oxygens (including phenoxy) is 1. The van der Waals surface area contributed by atoms with Gasteiger partial charge in [-0.3, -0.25) is 4.79 Å². The van der Waals surface area contributed by atoms with E-state index in [1.54, 1.807) is 6.92 Å². The fraction of sp³-hybridized carbons (Fsp3) is 0.300. The van der Waals surface area contributed by atoms with Gasteiger partial charge < -0.3 is 15.8 Å². The third kappa shape index (κ3) is 4.46. The number of nitrogens with zero attached hydrogens (tertiary/aromatic N) is 3. The highest BCUT2D eigenvalue weighted by Crippen LogP contribution is 2.42. The van der Waals surface area contributed by atoms with E-state index < -0.39 is 54.2 Å². The normalized spacial score (nSPS) is 20.7. The molecule has 0 saturated heterocycles. The average Bonchev–Trinajstić information content (AvgIpc) is 2.73. The summed E-state index contributed by atoms with van der Waals surface area (Å²) in [6, 6.07) is 5.39. The molecule has 0 aliphatic carbocycles. The maximum Gasteiger partial charge on any atom is 0.425 e. The molecular weight excluding hydrogens is 437 g/mol. The second-order valence-corrected chi connectivity index (χ2v) is 7.12. The molecule has 1 aliphatic rings. The van der Waals surface area contributed by atoms with Gasteiger partial charge in [0.15, 0.2) is 6.10 Å². The first-order valence-corrected chi connectivity index (χ1v) is 9.12. The van der Waals surface area contributed by atoms with E-state index in [4.69, 9.17) is 11.0 Å². The summed E-state index contributed by atoms with van der Waals surface area (Å²) in [5.41, 5.74) is 3.08. The highest BCUT2D eigenvalue weighted by atomic mass is 19.4. The molecule has 3 rings (SSSR count). The second kappa shape index (κ2) is 8.41. The van der Waals surface area contributed by atoms with Crippen LogP contribution in [0.2, 0.25) is 0 Å². The molecule has 1 amide bonds. The smallest absolute Gasteiger partial charge is 0.425 e. The number of rotatable bonds is 4. The number of hydrogen-bond acceptors (Lipinski definition) is 6. The monoisotopic (exact) mass is 453 g/mol. The predicted octanol–water partition coefficient (Wildman–Crippen LogP) is 3.48. The van der Waals surface area contributed by atoms with E-state index in [0.717, 1.165) is 18.2 Å². The first-order valence-electron chi connectivity index (χ1n) is 9.12. The van der Waals surface area contributed by atoms with Crippen molar-refractivity contribution in [2.24, 2.45) is 10.7 Å². The van der Waals surface area contributed by atoms with Gasteiger partial charge in [-0.25, -0.2) is 18.8 Å². The van der Waals surface area contributed by atoms with E-state index in [0.29, 0.717) is 5.56 Å². The largest absolute Gasteiger partial charge is 0.452 e. The summed E-state index contributed by atoms with van der Waals surface area (Å²) in [6.45, 7) is 0.0575. The summed E-state index contributed by atoms with van der Waals surface area (Å²) in [4.78, 5) is 20.1. The zero-order chi connectivity index (χ0) is 23.7. The SMILES string of the molecule is Cc1cc(C#N)cnc1C(=O)Nc1ccc(F)c(C2(CF)CC(C(F)(F)F)OC(N)=N2)c1. The van der Waals surface area contributed by atoms with Crippen LogP contribution in [0.4, 0.5) is 27.6 Å². The van der Waals surface area contributed by atoms with Crippen molar-refractivity contribution in [2.75, 3.05) is 12.0 Å². The molecule has 12 heteroatoms. The van der Waals surface area contributed by atoms with Crippen LogP contribution in [0.3, 0.4) is 0 Å². The number of nitrogens with one attached hydrogen (secondary N) is 1. The lowest BCUT2D eigenvalue weighted by atomic mass is 9.84. The van der Waals surface area contributed by atoms with Crippen LogP contribution in [-0.2, 0) is 10.3 Å². The Morgan fingerprint density at radius 2 is 2.12 bits per heavy atom. The Hall–Kier alpha value is -3.75. The number of alkyl halides is 4. The number of aliphatic imine (C=N–C) groups is 1. The number of nitriles is 1. The van der Waals surface area contributed by atoms with Gasteiger partial charge in [-0.05, 0) is 36.8 Å². The number of amides is 1. The number of hydrogen-bond donors (Lipinski definition) is 2. The number of benzene rings is 1. The van der Waals surface area contributed by atoms with Gasteiger partial charge in [0.05, 0.1) is 5.56 Å². The van der Waals surface area contributed by atoms with E-state index in [1.165, 1.54) is 12.3 Å². The summed E-state index contributed by atoms with van der Waals surface area (Å²) < 4.78 is 72.7. The lowest BCUT2D eigenvalue weighted by molar-refractivity contribution is -0.209. The first kappa shape index (κ1) is 22.9. The van der Waals surface area contributed by atoms with Crippen LogP contribution in [0, 0.1) is 24.1 Å². The number of nitrogens with two attached hydrogens (primary N) is 1. The standard InChI is InChI=1S/C20H16F5N5O2/c1-10-4-11(7-26)8-28-16(10)17(31)29-12-2-3-14(22)13(5-12)19(9-21)6-15(20(23,24)25)32-18(27)30-19/h2-5,8,15H,6,9H2,1H3,(H2,27,30)(H,29,31). The van der Waals surface area contributed by atoms with Gasteiger partial charge in [0.2, 0.25) is 0 Å². The molecule has 2 aromatic rings. The van der Waals surface area contributed by atoms with Crippen LogP contribution < -0.4 is 11.1 Å². The molecule has 2 heterocycles. The number of amidine groups is 1. The van der Waals surface area contributed by atoms with Gasteiger partial charge in [0.1, 0.15) is 29.8 Å². The molecule has 0 bridgehead atoms. The number of aryl methyl sites for hydroxylation is 1. The molecule has 2 unspecified atom stereocenters.